The summed E-state index contributed by atoms with van der Waals surface area (Å²) in [6.07, 6.45) is 2.48. The first-order chi connectivity index (χ1) is 5.79. The molecule has 0 aliphatic heterocycles. The summed E-state index contributed by atoms with van der Waals surface area (Å²) in [7, 11) is 0. The van der Waals surface area contributed by atoms with Crippen LogP contribution in [0.5, 0.6) is 0 Å². The summed E-state index contributed by atoms with van der Waals surface area (Å²) in [6, 6.07) is 3.07. The molecule has 0 aromatic carbocycles. The zero-order chi connectivity index (χ0) is 8.55. The highest BCUT2D eigenvalue weighted by molar-refractivity contribution is 5.78. The van der Waals surface area contributed by atoms with Gasteiger partial charge in [0.1, 0.15) is 0 Å². The minimum absolute atomic E-state index is 0.0417. The van der Waals surface area contributed by atoms with Gasteiger partial charge in [-0.1, -0.05) is 0 Å². The van der Waals surface area contributed by atoms with Crippen molar-refractivity contribution in [2.75, 3.05) is 0 Å². The average Bonchev–Trinajstić information content (AvgIpc) is 2.04. The zero-order valence-electron chi connectivity index (χ0n) is 5.94. The maximum Gasteiger partial charge on any atom is 0.351 e. The molecule has 0 saturated carbocycles. The van der Waals surface area contributed by atoms with E-state index in [1.807, 2.05) is 0 Å². The summed E-state index contributed by atoms with van der Waals surface area (Å²) in [5, 5.41) is 0.488. The molecule has 0 amide bonds. The van der Waals surface area contributed by atoms with Crippen molar-refractivity contribution >= 4 is 10.8 Å². The van der Waals surface area contributed by atoms with E-state index < -0.39 is 11.3 Å². The van der Waals surface area contributed by atoms with Crippen molar-refractivity contribution in [1.82, 2.24) is 0 Å². The van der Waals surface area contributed by atoms with Crippen LogP contribution in [0, 0.1) is 0 Å². The maximum absolute atomic E-state index is 11.0. The monoisotopic (exact) mass is 164 g/mol. The number of fused-ring (bicyclic) bond motifs is 1. The van der Waals surface area contributed by atoms with Crippen molar-refractivity contribution in [2.24, 2.45) is 0 Å². The normalized spacial score (nSPS) is 10.3. The molecule has 0 aliphatic rings. The fourth-order valence-corrected chi connectivity index (χ4v) is 0.997. The first-order valence-corrected chi connectivity index (χ1v) is 3.28. The molecule has 4 heteroatoms. The molecule has 2 heterocycles. The lowest BCUT2D eigenvalue weighted by molar-refractivity contribution is 0.497. The van der Waals surface area contributed by atoms with E-state index in [0.717, 1.165) is 0 Å². The molecule has 0 N–H and O–H groups in total. The summed E-state index contributed by atoms with van der Waals surface area (Å²) in [4.78, 5) is 21.9. The van der Waals surface area contributed by atoms with Crippen LogP contribution in [-0.4, -0.2) is 0 Å². The van der Waals surface area contributed by atoms with Gasteiger partial charge in [-0.2, -0.15) is 0 Å². The lowest BCUT2D eigenvalue weighted by atomic mass is 10.2. The predicted molar refractivity (Wildman–Crippen MR) is 41.0 cm³/mol. The van der Waals surface area contributed by atoms with Gasteiger partial charge in [0.25, 0.3) is 0 Å². The molecule has 2 aromatic heterocycles. The van der Waals surface area contributed by atoms with Crippen molar-refractivity contribution in [2.45, 2.75) is 0 Å². The van der Waals surface area contributed by atoms with E-state index in [-0.39, 0.29) is 5.39 Å². The Morgan fingerprint density at radius 1 is 0.917 bits per heavy atom. The van der Waals surface area contributed by atoms with Gasteiger partial charge in [0, 0.05) is 5.39 Å². The van der Waals surface area contributed by atoms with Crippen LogP contribution >= 0.6 is 0 Å². The number of hydrogen-bond acceptors (Lipinski definition) is 4. The summed E-state index contributed by atoms with van der Waals surface area (Å²) in [5.41, 5.74) is -1.33. The first kappa shape index (κ1) is 6.84. The van der Waals surface area contributed by atoms with E-state index in [1.54, 1.807) is 0 Å². The second-order valence-electron chi connectivity index (χ2n) is 2.25. The molecule has 0 saturated heterocycles. The molecule has 0 radical (unpaired) electrons. The van der Waals surface area contributed by atoms with E-state index in [0.29, 0.717) is 5.39 Å². The summed E-state index contributed by atoms with van der Waals surface area (Å²) in [5.74, 6) is 0. The Morgan fingerprint density at radius 2 is 1.42 bits per heavy atom. The minimum Gasteiger partial charge on any atom is -0.431 e. The lowest BCUT2D eigenvalue weighted by Crippen LogP contribution is -2.10. The molecule has 4 nitrogen and oxygen atoms in total. The Labute approximate surface area is 66.0 Å². The van der Waals surface area contributed by atoms with Gasteiger partial charge in [0.05, 0.1) is 12.5 Å². The smallest absolute Gasteiger partial charge is 0.351 e. The maximum atomic E-state index is 11.0. The molecule has 12 heavy (non-hydrogen) atoms. The van der Waals surface area contributed by atoms with Gasteiger partial charge in [-0.3, -0.25) is 0 Å². The molecule has 0 unspecified atom stereocenters. The van der Waals surface area contributed by atoms with E-state index in [1.165, 1.54) is 24.7 Å². The fraction of sp³-hybridized carbons (Fsp3) is 0. The standard InChI is InChI=1S/C8H4O4/c9-7-6-5(1-3-11-7)2-4-12-8(6)10/h1-4H. The molecule has 0 bridgehead atoms. The van der Waals surface area contributed by atoms with Gasteiger partial charge in [0.2, 0.25) is 0 Å². The highest BCUT2D eigenvalue weighted by atomic mass is 16.4. The molecule has 2 rings (SSSR count). The molecule has 0 atom stereocenters. The minimum atomic E-state index is -0.665. The number of hydrogen-bond donors (Lipinski definition) is 0. The summed E-state index contributed by atoms with van der Waals surface area (Å²) < 4.78 is 9.01. The van der Waals surface area contributed by atoms with Gasteiger partial charge < -0.3 is 8.83 Å². The summed E-state index contributed by atoms with van der Waals surface area (Å²) in [6.45, 7) is 0. The molecular weight excluding hydrogens is 160 g/mol. The highest BCUT2D eigenvalue weighted by Gasteiger charge is 2.03. The van der Waals surface area contributed by atoms with Gasteiger partial charge >= 0.3 is 11.3 Å². The molecular formula is C8H4O4. The zero-order valence-corrected chi connectivity index (χ0v) is 5.94. The van der Waals surface area contributed by atoms with Gasteiger partial charge in [-0.15, -0.1) is 0 Å². The summed E-state index contributed by atoms with van der Waals surface area (Å²) >= 11 is 0. The fourth-order valence-electron chi connectivity index (χ4n) is 0.997. The van der Waals surface area contributed by atoms with Gasteiger partial charge in [-0.05, 0) is 12.1 Å². The highest BCUT2D eigenvalue weighted by Crippen LogP contribution is 2.02. The predicted octanol–water partition coefficient (Wildman–Crippen LogP) is 0.746. The Bertz CT molecular complexity index is 475. The van der Waals surface area contributed by atoms with Crippen LogP contribution in [0.2, 0.25) is 0 Å². The van der Waals surface area contributed by atoms with Crippen LogP contribution in [-0.2, 0) is 0 Å². The van der Waals surface area contributed by atoms with E-state index in [4.69, 9.17) is 0 Å². The quantitative estimate of drug-likeness (QED) is 0.576. The van der Waals surface area contributed by atoms with Crippen molar-refractivity contribution < 1.29 is 8.83 Å². The second kappa shape index (κ2) is 2.34. The van der Waals surface area contributed by atoms with Crippen molar-refractivity contribution in [3.63, 3.8) is 0 Å². The van der Waals surface area contributed by atoms with Crippen molar-refractivity contribution in [3.05, 3.63) is 45.5 Å². The first-order valence-electron chi connectivity index (χ1n) is 3.28. The third kappa shape index (κ3) is 0.852. The lowest BCUT2D eigenvalue weighted by Gasteiger charge is -1.89. The number of rotatable bonds is 0. The van der Waals surface area contributed by atoms with Crippen LogP contribution in [0.4, 0.5) is 0 Å². The van der Waals surface area contributed by atoms with Gasteiger partial charge in [-0.25, -0.2) is 9.59 Å². The second-order valence-corrected chi connectivity index (χ2v) is 2.25. The third-order valence-corrected chi connectivity index (χ3v) is 1.54. The van der Waals surface area contributed by atoms with E-state index >= 15 is 0 Å². The van der Waals surface area contributed by atoms with E-state index in [9.17, 15) is 9.59 Å². The average molecular weight is 164 g/mol. The van der Waals surface area contributed by atoms with Gasteiger partial charge in [0.15, 0.2) is 5.39 Å². The van der Waals surface area contributed by atoms with Crippen LogP contribution in [0.3, 0.4) is 0 Å². The van der Waals surface area contributed by atoms with Crippen LogP contribution in [0.1, 0.15) is 0 Å². The third-order valence-electron chi connectivity index (χ3n) is 1.54. The SMILES string of the molecule is O=c1occc2ccoc(=O)c12. The molecule has 0 spiro atoms. The Hall–Kier alpha value is -1.84. The molecule has 0 aliphatic carbocycles. The largest absolute Gasteiger partial charge is 0.431 e. The van der Waals surface area contributed by atoms with Crippen LogP contribution < -0.4 is 11.3 Å². The topological polar surface area (TPSA) is 60.4 Å². The van der Waals surface area contributed by atoms with Crippen molar-refractivity contribution in [3.8, 4) is 0 Å². The molecule has 2 aromatic rings. The van der Waals surface area contributed by atoms with Crippen LogP contribution in [0.15, 0.2) is 43.1 Å². The van der Waals surface area contributed by atoms with Crippen LogP contribution in [0.25, 0.3) is 10.8 Å². The molecule has 60 valence electrons. The molecule has 0 fully saturated rings. The Kier molecular flexibility index (Phi) is 1.33. The van der Waals surface area contributed by atoms with Crippen molar-refractivity contribution in [1.29, 1.82) is 0 Å². The Morgan fingerprint density at radius 3 is 1.83 bits per heavy atom. The van der Waals surface area contributed by atoms with E-state index in [2.05, 4.69) is 8.83 Å². The Balaban J connectivity index is 3.18.